The van der Waals surface area contributed by atoms with Crippen LogP contribution in [0.25, 0.3) is 10.8 Å². The molecule has 20 heavy (non-hydrogen) atoms. The van der Waals surface area contributed by atoms with Crippen LogP contribution in [0.4, 0.5) is 0 Å². The van der Waals surface area contributed by atoms with Crippen LogP contribution in [0, 0.1) is 0 Å². The van der Waals surface area contributed by atoms with E-state index in [1.165, 1.54) is 23.6 Å². The third-order valence-electron chi connectivity index (χ3n) is 3.73. The zero-order valence-corrected chi connectivity index (χ0v) is 11.6. The Labute approximate surface area is 119 Å². The van der Waals surface area contributed by atoms with Crippen molar-refractivity contribution < 1.29 is 9.84 Å². The van der Waals surface area contributed by atoms with Crippen LogP contribution in [0.2, 0.25) is 0 Å². The number of rotatable bonds is 7. The number of benzene rings is 2. The summed E-state index contributed by atoms with van der Waals surface area (Å²) in [6.07, 6.45) is 3.31. The summed E-state index contributed by atoms with van der Waals surface area (Å²) in [5.74, 6) is 0.895. The Morgan fingerprint density at radius 1 is 1.15 bits per heavy atom. The summed E-state index contributed by atoms with van der Waals surface area (Å²) < 4.78 is 5.80. The zero-order chi connectivity index (χ0) is 13.8. The normalized spacial score (nSPS) is 16.2. The third-order valence-corrected chi connectivity index (χ3v) is 3.73. The van der Waals surface area contributed by atoms with Crippen molar-refractivity contribution >= 4 is 10.8 Å². The van der Waals surface area contributed by atoms with E-state index in [1.54, 1.807) is 0 Å². The standard InChI is InChI=1S/C17H21NO2/c19-12-16(18-15-6-7-15)9-10-20-17-8-5-13-3-1-2-4-14(13)11-17/h1-5,8,11,15-16,18-19H,6-7,9-10,12H2. The molecule has 3 rings (SSSR count). The number of fused-ring (bicyclic) bond motifs is 1. The van der Waals surface area contributed by atoms with Crippen LogP contribution in [-0.4, -0.2) is 30.4 Å². The van der Waals surface area contributed by atoms with Gasteiger partial charge in [0.2, 0.25) is 0 Å². The molecule has 2 aromatic rings. The Morgan fingerprint density at radius 3 is 2.70 bits per heavy atom. The highest BCUT2D eigenvalue weighted by molar-refractivity contribution is 5.83. The Morgan fingerprint density at radius 2 is 1.95 bits per heavy atom. The molecule has 106 valence electrons. The minimum atomic E-state index is 0.156. The lowest BCUT2D eigenvalue weighted by Crippen LogP contribution is -2.35. The van der Waals surface area contributed by atoms with E-state index in [-0.39, 0.29) is 12.6 Å². The predicted octanol–water partition coefficient (Wildman–Crippen LogP) is 2.72. The van der Waals surface area contributed by atoms with Gasteiger partial charge in [0.05, 0.1) is 13.2 Å². The van der Waals surface area contributed by atoms with Crippen molar-refractivity contribution in [2.45, 2.75) is 31.3 Å². The van der Waals surface area contributed by atoms with Gasteiger partial charge >= 0.3 is 0 Å². The number of aliphatic hydroxyl groups is 1. The van der Waals surface area contributed by atoms with Crippen LogP contribution in [0.3, 0.4) is 0 Å². The van der Waals surface area contributed by atoms with Gasteiger partial charge in [-0.05, 0) is 42.2 Å². The summed E-state index contributed by atoms with van der Waals surface area (Å²) in [5, 5.41) is 15.2. The molecule has 1 unspecified atom stereocenters. The molecule has 2 aromatic carbocycles. The molecule has 1 fully saturated rings. The first-order valence-electron chi connectivity index (χ1n) is 7.33. The Bertz CT molecular complexity index is 566. The van der Waals surface area contributed by atoms with Crippen LogP contribution in [0.5, 0.6) is 5.75 Å². The van der Waals surface area contributed by atoms with E-state index in [4.69, 9.17) is 4.74 Å². The maximum absolute atomic E-state index is 9.32. The maximum atomic E-state index is 9.32. The van der Waals surface area contributed by atoms with Crippen molar-refractivity contribution in [2.24, 2.45) is 0 Å². The summed E-state index contributed by atoms with van der Waals surface area (Å²) in [7, 11) is 0. The lowest BCUT2D eigenvalue weighted by atomic mass is 10.1. The van der Waals surface area contributed by atoms with Gasteiger partial charge in [-0.15, -0.1) is 0 Å². The van der Waals surface area contributed by atoms with Crippen molar-refractivity contribution in [3.8, 4) is 5.75 Å². The second-order valence-electron chi connectivity index (χ2n) is 5.47. The van der Waals surface area contributed by atoms with Gasteiger partial charge in [-0.2, -0.15) is 0 Å². The fraction of sp³-hybridized carbons (Fsp3) is 0.412. The molecule has 0 spiro atoms. The summed E-state index contributed by atoms with van der Waals surface area (Å²) in [6.45, 7) is 0.806. The van der Waals surface area contributed by atoms with Gasteiger partial charge in [-0.3, -0.25) is 0 Å². The molecule has 0 aromatic heterocycles. The minimum absolute atomic E-state index is 0.156. The first-order chi connectivity index (χ1) is 9.85. The SMILES string of the molecule is OCC(CCOc1ccc2ccccc2c1)NC1CC1. The van der Waals surface area contributed by atoms with Gasteiger partial charge in [0.25, 0.3) is 0 Å². The molecule has 0 aliphatic heterocycles. The van der Waals surface area contributed by atoms with Gasteiger partial charge in [0.1, 0.15) is 5.75 Å². The largest absolute Gasteiger partial charge is 0.494 e. The van der Waals surface area contributed by atoms with E-state index < -0.39 is 0 Å². The molecule has 1 aliphatic rings. The Kier molecular flexibility index (Phi) is 4.19. The van der Waals surface area contributed by atoms with Crippen molar-refractivity contribution in [1.29, 1.82) is 0 Å². The predicted molar refractivity (Wildman–Crippen MR) is 81.1 cm³/mol. The maximum Gasteiger partial charge on any atom is 0.119 e. The van der Waals surface area contributed by atoms with Crippen molar-refractivity contribution in [3.63, 3.8) is 0 Å². The number of ether oxygens (including phenoxy) is 1. The number of hydrogen-bond donors (Lipinski definition) is 2. The minimum Gasteiger partial charge on any atom is -0.494 e. The van der Waals surface area contributed by atoms with Crippen molar-refractivity contribution in [1.82, 2.24) is 5.32 Å². The average Bonchev–Trinajstić information content (AvgIpc) is 3.30. The highest BCUT2D eigenvalue weighted by Crippen LogP contribution is 2.22. The average molecular weight is 271 g/mol. The quantitative estimate of drug-likeness (QED) is 0.813. The first kappa shape index (κ1) is 13.4. The second-order valence-corrected chi connectivity index (χ2v) is 5.47. The van der Waals surface area contributed by atoms with E-state index in [1.807, 2.05) is 18.2 Å². The van der Waals surface area contributed by atoms with Gasteiger partial charge in [-0.25, -0.2) is 0 Å². The molecule has 3 heteroatoms. The summed E-state index contributed by atoms with van der Waals surface area (Å²) >= 11 is 0. The second kappa shape index (κ2) is 6.25. The third kappa shape index (κ3) is 3.50. The smallest absolute Gasteiger partial charge is 0.119 e. The summed E-state index contributed by atoms with van der Waals surface area (Å²) in [6, 6.07) is 15.2. The monoisotopic (exact) mass is 271 g/mol. The van der Waals surface area contributed by atoms with Crippen LogP contribution < -0.4 is 10.1 Å². The summed E-state index contributed by atoms with van der Waals surface area (Å²) in [4.78, 5) is 0. The molecule has 2 N–H and O–H groups in total. The lowest BCUT2D eigenvalue weighted by molar-refractivity contribution is 0.207. The molecular formula is C17H21NO2. The molecule has 0 saturated heterocycles. The van der Waals surface area contributed by atoms with Gasteiger partial charge < -0.3 is 15.2 Å². The van der Waals surface area contributed by atoms with Gasteiger partial charge in [-0.1, -0.05) is 30.3 Å². The van der Waals surface area contributed by atoms with Crippen molar-refractivity contribution in [2.75, 3.05) is 13.2 Å². The molecule has 0 amide bonds. The highest BCUT2D eigenvalue weighted by atomic mass is 16.5. The topological polar surface area (TPSA) is 41.5 Å². The van der Waals surface area contributed by atoms with Crippen molar-refractivity contribution in [3.05, 3.63) is 42.5 Å². The lowest BCUT2D eigenvalue weighted by Gasteiger charge is -2.16. The van der Waals surface area contributed by atoms with Gasteiger partial charge in [0, 0.05) is 12.1 Å². The Balaban J connectivity index is 1.53. The molecular weight excluding hydrogens is 250 g/mol. The fourth-order valence-electron chi connectivity index (χ4n) is 2.39. The van der Waals surface area contributed by atoms with E-state index in [2.05, 4.69) is 29.6 Å². The van der Waals surface area contributed by atoms with E-state index in [0.717, 1.165) is 12.2 Å². The van der Waals surface area contributed by atoms with E-state index in [0.29, 0.717) is 12.6 Å². The molecule has 0 bridgehead atoms. The fourth-order valence-corrected chi connectivity index (χ4v) is 2.39. The zero-order valence-electron chi connectivity index (χ0n) is 11.6. The molecule has 0 radical (unpaired) electrons. The highest BCUT2D eigenvalue weighted by Gasteiger charge is 2.23. The van der Waals surface area contributed by atoms with Crippen LogP contribution in [0.1, 0.15) is 19.3 Å². The van der Waals surface area contributed by atoms with Crippen LogP contribution in [0.15, 0.2) is 42.5 Å². The van der Waals surface area contributed by atoms with E-state index >= 15 is 0 Å². The Hall–Kier alpha value is -1.58. The van der Waals surface area contributed by atoms with Crippen LogP contribution >= 0.6 is 0 Å². The molecule has 1 saturated carbocycles. The number of nitrogens with one attached hydrogen (secondary N) is 1. The first-order valence-corrected chi connectivity index (χ1v) is 7.33. The van der Waals surface area contributed by atoms with E-state index in [9.17, 15) is 5.11 Å². The van der Waals surface area contributed by atoms with Crippen LogP contribution in [-0.2, 0) is 0 Å². The molecule has 1 aliphatic carbocycles. The molecule has 3 nitrogen and oxygen atoms in total. The molecule has 1 atom stereocenters. The number of hydrogen-bond acceptors (Lipinski definition) is 3. The van der Waals surface area contributed by atoms with Gasteiger partial charge in [0.15, 0.2) is 0 Å². The summed E-state index contributed by atoms with van der Waals surface area (Å²) in [5.41, 5.74) is 0. The molecule has 0 heterocycles. The number of aliphatic hydroxyl groups excluding tert-OH is 1.